The van der Waals surface area contributed by atoms with Crippen molar-refractivity contribution in [3.05, 3.63) is 47.5 Å². The highest BCUT2D eigenvalue weighted by atomic mass is 19.1. The third kappa shape index (κ3) is 2.36. The fourth-order valence-electron chi connectivity index (χ4n) is 1.76. The molecule has 1 aromatic carbocycles. The van der Waals surface area contributed by atoms with Crippen LogP contribution in [0.5, 0.6) is 0 Å². The number of hydrogen-bond donors (Lipinski definition) is 1. The summed E-state index contributed by atoms with van der Waals surface area (Å²) in [5, 5.41) is 13.5. The zero-order chi connectivity index (χ0) is 14.2. The minimum absolute atomic E-state index is 0.355. The van der Waals surface area contributed by atoms with Crippen molar-refractivity contribution in [1.82, 2.24) is 9.78 Å². The third-order valence-electron chi connectivity index (χ3n) is 3.12. The monoisotopic (exact) mass is 262 g/mol. The van der Waals surface area contributed by atoms with Crippen LogP contribution in [0.15, 0.2) is 30.3 Å². The highest BCUT2D eigenvalue weighted by Gasteiger charge is 2.32. The van der Waals surface area contributed by atoms with Crippen LogP contribution in [0, 0.1) is 12.7 Å². The number of carboxylic acid groups (broad SMARTS) is 1. The van der Waals surface area contributed by atoms with Crippen molar-refractivity contribution in [2.24, 2.45) is 0 Å². The van der Waals surface area contributed by atoms with Crippen LogP contribution in [0.25, 0.3) is 5.69 Å². The van der Waals surface area contributed by atoms with Gasteiger partial charge < -0.3 is 5.11 Å². The maximum atomic E-state index is 13.2. The molecule has 4 nitrogen and oxygen atoms in total. The highest BCUT2D eigenvalue weighted by Crippen LogP contribution is 2.24. The predicted octanol–water partition coefficient (Wildman–Crippen LogP) is 2.68. The van der Waals surface area contributed by atoms with E-state index < -0.39 is 11.4 Å². The molecule has 0 bridgehead atoms. The molecule has 0 saturated carbocycles. The summed E-state index contributed by atoms with van der Waals surface area (Å²) in [5.41, 5.74) is 0.699. The molecule has 2 rings (SSSR count). The molecule has 5 heteroatoms. The van der Waals surface area contributed by atoms with E-state index in [2.05, 4.69) is 5.10 Å². The summed E-state index contributed by atoms with van der Waals surface area (Å²) in [7, 11) is 0. The Morgan fingerprint density at radius 3 is 2.63 bits per heavy atom. The second-order valence-electron chi connectivity index (χ2n) is 4.99. The summed E-state index contributed by atoms with van der Waals surface area (Å²) in [6.45, 7) is 4.99. The van der Waals surface area contributed by atoms with Crippen molar-refractivity contribution in [3.8, 4) is 5.69 Å². The van der Waals surface area contributed by atoms with Gasteiger partial charge in [-0.05, 0) is 45.0 Å². The highest BCUT2D eigenvalue weighted by molar-refractivity contribution is 5.79. The Balaban J connectivity index is 2.51. The molecule has 0 spiro atoms. The molecule has 1 heterocycles. The first-order valence-corrected chi connectivity index (χ1v) is 5.89. The molecule has 0 fully saturated rings. The zero-order valence-electron chi connectivity index (χ0n) is 11.0. The second kappa shape index (κ2) is 4.50. The summed E-state index contributed by atoms with van der Waals surface area (Å²) in [6, 6.07) is 7.73. The summed E-state index contributed by atoms with van der Waals surface area (Å²) in [5.74, 6) is -1.30. The standard InChI is InChI=1S/C14H15FN2O2/c1-9-7-12(14(2,3)13(18)19)16-17(9)11-6-4-5-10(15)8-11/h4-8H,1-3H3,(H,18,19). The van der Waals surface area contributed by atoms with Gasteiger partial charge in [-0.2, -0.15) is 5.10 Å². The van der Waals surface area contributed by atoms with Crippen LogP contribution in [-0.2, 0) is 10.2 Å². The lowest BCUT2D eigenvalue weighted by molar-refractivity contribution is -0.142. The number of aryl methyl sites for hydroxylation is 1. The molecule has 0 amide bonds. The number of aliphatic carboxylic acids is 1. The van der Waals surface area contributed by atoms with E-state index in [1.54, 1.807) is 43.7 Å². The molecular weight excluding hydrogens is 247 g/mol. The predicted molar refractivity (Wildman–Crippen MR) is 68.9 cm³/mol. The minimum Gasteiger partial charge on any atom is -0.481 e. The van der Waals surface area contributed by atoms with Crippen molar-refractivity contribution in [2.75, 3.05) is 0 Å². The van der Waals surface area contributed by atoms with Crippen LogP contribution in [0.3, 0.4) is 0 Å². The molecule has 19 heavy (non-hydrogen) atoms. The second-order valence-corrected chi connectivity index (χ2v) is 4.99. The summed E-state index contributed by atoms with van der Waals surface area (Å²) in [6.07, 6.45) is 0. The SMILES string of the molecule is Cc1cc(C(C)(C)C(=O)O)nn1-c1cccc(F)c1. The fraction of sp³-hybridized carbons (Fsp3) is 0.286. The van der Waals surface area contributed by atoms with Gasteiger partial charge in [-0.3, -0.25) is 4.79 Å². The molecule has 0 radical (unpaired) electrons. The number of carbonyl (C=O) groups is 1. The maximum Gasteiger partial charge on any atom is 0.315 e. The molecule has 1 N–H and O–H groups in total. The van der Waals surface area contributed by atoms with Crippen molar-refractivity contribution in [2.45, 2.75) is 26.2 Å². The molecule has 0 aliphatic heterocycles. The van der Waals surface area contributed by atoms with E-state index >= 15 is 0 Å². The van der Waals surface area contributed by atoms with E-state index in [1.165, 1.54) is 12.1 Å². The average molecular weight is 262 g/mol. The number of rotatable bonds is 3. The quantitative estimate of drug-likeness (QED) is 0.925. The van der Waals surface area contributed by atoms with Gasteiger partial charge in [-0.25, -0.2) is 9.07 Å². The first kappa shape index (κ1) is 13.3. The Hall–Kier alpha value is -2.17. The maximum absolute atomic E-state index is 13.2. The first-order valence-electron chi connectivity index (χ1n) is 5.89. The smallest absolute Gasteiger partial charge is 0.315 e. The van der Waals surface area contributed by atoms with E-state index in [0.29, 0.717) is 11.4 Å². The first-order chi connectivity index (χ1) is 8.82. The molecule has 1 aromatic heterocycles. The van der Waals surface area contributed by atoms with Gasteiger partial charge in [0, 0.05) is 5.69 Å². The number of halogens is 1. The van der Waals surface area contributed by atoms with Crippen molar-refractivity contribution < 1.29 is 14.3 Å². The molecular formula is C14H15FN2O2. The van der Waals surface area contributed by atoms with Gasteiger partial charge in [0.2, 0.25) is 0 Å². The number of carboxylic acids is 1. The lowest BCUT2D eigenvalue weighted by atomic mass is 9.89. The Kier molecular flexibility index (Phi) is 3.14. The number of benzene rings is 1. The molecule has 100 valence electrons. The summed E-state index contributed by atoms with van der Waals surface area (Å²) < 4.78 is 14.8. The van der Waals surface area contributed by atoms with Crippen LogP contribution in [-0.4, -0.2) is 20.9 Å². The van der Waals surface area contributed by atoms with Crippen molar-refractivity contribution in [1.29, 1.82) is 0 Å². The normalized spacial score (nSPS) is 11.6. The van der Waals surface area contributed by atoms with Gasteiger partial charge in [-0.15, -0.1) is 0 Å². The molecule has 0 atom stereocenters. The molecule has 0 saturated heterocycles. The summed E-state index contributed by atoms with van der Waals surface area (Å²) in [4.78, 5) is 11.2. The van der Waals surface area contributed by atoms with Gasteiger partial charge in [0.05, 0.1) is 11.4 Å². The largest absolute Gasteiger partial charge is 0.481 e. The van der Waals surface area contributed by atoms with E-state index in [9.17, 15) is 14.3 Å². The Morgan fingerprint density at radius 1 is 1.37 bits per heavy atom. The number of aromatic nitrogens is 2. The van der Waals surface area contributed by atoms with Crippen LogP contribution in [0.2, 0.25) is 0 Å². The zero-order valence-corrected chi connectivity index (χ0v) is 11.0. The summed E-state index contributed by atoms with van der Waals surface area (Å²) >= 11 is 0. The Bertz CT molecular complexity index is 632. The van der Waals surface area contributed by atoms with Gasteiger partial charge >= 0.3 is 5.97 Å². The number of nitrogens with zero attached hydrogens (tertiary/aromatic N) is 2. The van der Waals surface area contributed by atoms with Crippen molar-refractivity contribution >= 4 is 5.97 Å². The van der Waals surface area contributed by atoms with E-state index in [-0.39, 0.29) is 5.82 Å². The van der Waals surface area contributed by atoms with Crippen LogP contribution in [0.4, 0.5) is 4.39 Å². The van der Waals surface area contributed by atoms with Crippen LogP contribution < -0.4 is 0 Å². The van der Waals surface area contributed by atoms with E-state index in [0.717, 1.165) is 5.69 Å². The van der Waals surface area contributed by atoms with E-state index in [1.807, 2.05) is 0 Å². The van der Waals surface area contributed by atoms with Crippen LogP contribution >= 0.6 is 0 Å². The number of hydrogen-bond acceptors (Lipinski definition) is 2. The molecule has 0 aliphatic carbocycles. The Labute approximate surface area is 110 Å². The Morgan fingerprint density at radius 2 is 2.05 bits per heavy atom. The molecule has 0 unspecified atom stereocenters. The van der Waals surface area contributed by atoms with Gasteiger partial charge in [0.15, 0.2) is 0 Å². The topological polar surface area (TPSA) is 55.1 Å². The van der Waals surface area contributed by atoms with Crippen molar-refractivity contribution in [3.63, 3.8) is 0 Å². The lowest BCUT2D eigenvalue weighted by Crippen LogP contribution is -2.29. The van der Waals surface area contributed by atoms with Gasteiger partial charge in [0.25, 0.3) is 0 Å². The fourth-order valence-corrected chi connectivity index (χ4v) is 1.76. The third-order valence-corrected chi connectivity index (χ3v) is 3.12. The van der Waals surface area contributed by atoms with Crippen LogP contribution in [0.1, 0.15) is 25.2 Å². The van der Waals surface area contributed by atoms with E-state index in [4.69, 9.17) is 0 Å². The van der Waals surface area contributed by atoms with Gasteiger partial charge in [-0.1, -0.05) is 6.07 Å². The van der Waals surface area contributed by atoms with Gasteiger partial charge in [0.1, 0.15) is 11.2 Å². The lowest BCUT2D eigenvalue weighted by Gasteiger charge is -2.15. The molecule has 0 aliphatic rings. The molecule has 2 aromatic rings. The average Bonchev–Trinajstić information content (AvgIpc) is 2.71. The minimum atomic E-state index is -1.08.